The molecule has 1 aromatic rings. The number of aliphatic hydroxyl groups excluding tert-OH is 1. The molecule has 12 heavy (non-hydrogen) atoms. The van der Waals surface area contributed by atoms with Crippen molar-refractivity contribution >= 4 is 15.9 Å². The van der Waals surface area contributed by atoms with E-state index in [1.165, 1.54) is 12.8 Å². The standard InChI is InChI=1S/C10H11BrO/c11-9-5-3-8(4-6-9)10(12)7-1-2-7/h3-7,10,12H,1-2H2/t10-/m0/s1. The number of halogens is 1. The molecule has 2 heteroatoms. The van der Waals surface area contributed by atoms with Crippen molar-refractivity contribution in [3.05, 3.63) is 34.3 Å². The van der Waals surface area contributed by atoms with Crippen LogP contribution < -0.4 is 0 Å². The Morgan fingerprint density at radius 2 is 1.83 bits per heavy atom. The van der Waals surface area contributed by atoms with Crippen LogP contribution in [0.3, 0.4) is 0 Å². The second-order valence-corrected chi connectivity index (χ2v) is 4.25. The van der Waals surface area contributed by atoms with Crippen molar-refractivity contribution in [3.63, 3.8) is 0 Å². The van der Waals surface area contributed by atoms with Crippen molar-refractivity contribution in [1.82, 2.24) is 0 Å². The van der Waals surface area contributed by atoms with Gasteiger partial charge in [-0.3, -0.25) is 0 Å². The van der Waals surface area contributed by atoms with Crippen molar-refractivity contribution in [2.24, 2.45) is 5.92 Å². The Morgan fingerprint density at radius 3 is 2.33 bits per heavy atom. The minimum Gasteiger partial charge on any atom is -0.388 e. The minimum atomic E-state index is -0.238. The van der Waals surface area contributed by atoms with Gasteiger partial charge in [0.1, 0.15) is 0 Å². The van der Waals surface area contributed by atoms with E-state index in [1.807, 2.05) is 24.3 Å². The van der Waals surface area contributed by atoms with Crippen molar-refractivity contribution in [3.8, 4) is 0 Å². The van der Waals surface area contributed by atoms with E-state index in [0.717, 1.165) is 10.0 Å². The summed E-state index contributed by atoms with van der Waals surface area (Å²) in [5, 5.41) is 9.74. The molecule has 1 fully saturated rings. The predicted molar refractivity (Wildman–Crippen MR) is 51.8 cm³/mol. The molecule has 1 nitrogen and oxygen atoms in total. The van der Waals surface area contributed by atoms with Gasteiger partial charge in [-0.25, -0.2) is 0 Å². The molecule has 0 aliphatic heterocycles. The fourth-order valence-corrected chi connectivity index (χ4v) is 1.61. The van der Waals surface area contributed by atoms with Crippen LogP contribution in [0, 0.1) is 5.92 Å². The predicted octanol–water partition coefficient (Wildman–Crippen LogP) is 2.89. The molecule has 0 amide bonds. The van der Waals surface area contributed by atoms with E-state index < -0.39 is 0 Å². The number of hydrogen-bond donors (Lipinski definition) is 1. The Labute approximate surface area is 80.5 Å². The zero-order valence-corrected chi connectivity index (χ0v) is 8.29. The van der Waals surface area contributed by atoms with Gasteiger partial charge in [0.2, 0.25) is 0 Å². The summed E-state index contributed by atoms with van der Waals surface area (Å²) in [6.45, 7) is 0. The van der Waals surface area contributed by atoms with Gasteiger partial charge < -0.3 is 5.11 Å². The lowest BCUT2D eigenvalue weighted by Gasteiger charge is -2.08. The molecule has 64 valence electrons. The van der Waals surface area contributed by atoms with E-state index >= 15 is 0 Å². The van der Waals surface area contributed by atoms with Crippen LogP contribution in [0.15, 0.2) is 28.7 Å². The van der Waals surface area contributed by atoms with E-state index in [4.69, 9.17) is 0 Å². The molecule has 1 atom stereocenters. The first-order chi connectivity index (χ1) is 5.77. The third-order valence-electron chi connectivity index (χ3n) is 2.28. The molecule has 0 aromatic heterocycles. The Bertz CT molecular complexity index is 264. The second kappa shape index (κ2) is 3.19. The van der Waals surface area contributed by atoms with Gasteiger partial charge in [-0.05, 0) is 36.5 Å². The molecule has 1 aromatic carbocycles. The SMILES string of the molecule is O[C@H](c1ccc(Br)cc1)C1CC1. The maximum atomic E-state index is 9.74. The summed E-state index contributed by atoms with van der Waals surface area (Å²) in [5.41, 5.74) is 1.04. The lowest BCUT2D eigenvalue weighted by atomic mass is 10.1. The van der Waals surface area contributed by atoms with E-state index in [0.29, 0.717) is 5.92 Å². The fourth-order valence-electron chi connectivity index (χ4n) is 1.34. The molecule has 1 aliphatic rings. The topological polar surface area (TPSA) is 20.2 Å². The van der Waals surface area contributed by atoms with Crippen LogP contribution in [-0.4, -0.2) is 5.11 Å². The molecular weight excluding hydrogens is 216 g/mol. The summed E-state index contributed by atoms with van der Waals surface area (Å²) in [4.78, 5) is 0. The Hall–Kier alpha value is -0.340. The quantitative estimate of drug-likeness (QED) is 0.823. The van der Waals surface area contributed by atoms with E-state index in [2.05, 4.69) is 15.9 Å². The first kappa shape index (κ1) is 8.27. The van der Waals surface area contributed by atoms with Crippen molar-refractivity contribution in [2.45, 2.75) is 18.9 Å². The molecular formula is C10H11BrO. The summed E-state index contributed by atoms with van der Waals surface area (Å²) < 4.78 is 1.06. The van der Waals surface area contributed by atoms with Gasteiger partial charge in [-0.15, -0.1) is 0 Å². The van der Waals surface area contributed by atoms with Gasteiger partial charge in [-0.1, -0.05) is 28.1 Å². The minimum absolute atomic E-state index is 0.238. The van der Waals surface area contributed by atoms with Crippen LogP contribution in [0.4, 0.5) is 0 Å². The Balaban J connectivity index is 2.16. The number of aliphatic hydroxyl groups is 1. The molecule has 0 radical (unpaired) electrons. The van der Waals surface area contributed by atoms with Gasteiger partial charge in [-0.2, -0.15) is 0 Å². The first-order valence-electron chi connectivity index (χ1n) is 4.21. The molecule has 1 N–H and O–H groups in total. The number of rotatable bonds is 2. The smallest absolute Gasteiger partial charge is 0.0818 e. The van der Waals surface area contributed by atoms with E-state index in [-0.39, 0.29) is 6.10 Å². The highest BCUT2D eigenvalue weighted by Crippen LogP contribution is 2.40. The lowest BCUT2D eigenvalue weighted by Crippen LogP contribution is -1.98. The lowest BCUT2D eigenvalue weighted by molar-refractivity contribution is 0.154. The van der Waals surface area contributed by atoms with Crippen LogP contribution in [0.1, 0.15) is 24.5 Å². The molecule has 1 aliphatic carbocycles. The molecule has 1 saturated carbocycles. The number of benzene rings is 1. The highest BCUT2D eigenvalue weighted by atomic mass is 79.9. The largest absolute Gasteiger partial charge is 0.388 e. The highest BCUT2D eigenvalue weighted by molar-refractivity contribution is 9.10. The molecule has 0 heterocycles. The monoisotopic (exact) mass is 226 g/mol. The average Bonchev–Trinajstić information content (AvgIpc) is 2.87. The normalized spacial score (nSPS) is 19.2. The van der Waals surface area contributed by atoms with Gasteiger partial charge in [0, 0.05) is 4.47 Å². The van der Waals surface area contributed by atoms with Gasteiger partial charge >= 0.3 is 0 Å². The van der Waals surface area contributed by atoms with Crippen LogP contribution in [0.25, 0.3) is 0 Å². The van der Waals surface area contributed by atoms with E-state index in [9.17, 15) is 5.11 Å². The van der Waals surface area contributed by atoms with Crippen LogP contribution in [0.2, 0.25) is 0 Å². The zero-order valence-electron chi connectivity index (χ0n) is 6.70. The Morgan fingerprint density at radius 1 is 1.25 bits per heavy atom. The molecule has 0 spiro atoms. The van der Waals surface area contributed by atoms with Crippen LogP contribution in [0.5, 0.6) is 0 Å². The Kier molecular flexibility index (Phi) is 2.20. The van der Waals surface area contributed by atoms with Gasteiger partial charge in [0.15, 0.2) is 0 Å². The summed E-state index contributed by atoms with van der Waals surface area (Å²) in [5.74, 6) is 0.520. The molecule has 2 rings (SSSR count). The van der Waals surface area contributed by atoms with Gasteiger partial charge in [0.25, 0.3) is 0 Å². The van der Waals surface area contributed by atoms with E-state index in [1.54, 1.807) is 0 Å². The zero-order chi connectivity index (χ0) is 8.55. The second-order valence-electron chi connectivity index (χ2n) is 3.33. The summed E-state index contributed by atoms with van der Waals surface area (Å²) >= 11 is 3.37. The summed E-state index contributed by atoms with van der Waals surface area (Å²) in [7, 11) is 0. The van der Waals surface area contributed by atoms with Crippen molar-refractivity contribution < 1.29 is 5.11 Å². The third-order valence-corrected chi connectivity index (χ3v) is 2.81. The maximum absolute atomic E-state index is 9.74. The number of hydrogen-bond acceptors (Lipinski definition) is 1. The first-order valence-corrected chi connectivity index (χ1v) is 5.00. The fraction of sp³-hybridized carbons (Fsp3) is 0.400. The molecule has 0 bridgehead atoms. The highest BCUT2D eigenvalue weighted by Gasteiger charge is 2.30. The average molecular weight is 227 g/mol. The van der Waals surface area contributed by atoms with Crippen LogP contribution >= 0.6 is 15.9 Å². The van der Waals surface area contributed by atoms with Gasteiger partial charge in [0.05, 0.1) is 6.10 Å². The third kappa shape index (κ3) is 1.70. The maximum Gasteiger partial charge on any atom is 0.0818 e. The van der Waals surface area contributed by atoms with Crippen molar-refractivity contribution in [2.75, 3.05) is 0 Å². The molecule has 0 saturated heterocycles. The molecule has 0 unspecified atom stereocenters. The summed E-state index contributed by atoms with van der Waals surface area (Å²) in [6.07, 6.45) is 2.12. The summed E-state index contributed by atoms with van der Waals surface area (Å²) in [6, 6.07) is 7.90. The van der Waals surface area contributed by atoms with Crippen molar-refractivity contribution in [1.29, 1.82) is 0 Å². The van der Waals surface area contributed by atoms with Crippen LogP contribution in [-0.2, 0) is 0 Å².